The highest BCUT2D eigenvalue weighted by atomic mass is 16.3. The van der Waals surface area contributed by atoms with Crippen LogP contribution in [0.25, 0.3) is 0 Å². The second kappa shape index (κ2) is 4.33. The lowest BCUT2D eigenvalue weighted by molar-refractivity contribution is 0.171. The Balaban J connectivity index is 2.54. The molecule has 0 aliphatic rings. The Kier molecular flexibility index (Phi) is 3.36. The van der Waals surface area contributed by atoms with E-state index in [2.05, 4.69) is 5.32 Å². The van der Waals surface area contributed by atoms with E-state index in [1.807, 2.05) is 19.9 Å². The summed E-state index contributed by atoms with van der Waals surface area (Å²) in [7, 11) is 0. The number of benzene rings is 1. The molecule has 1 aromatic carbocycles. The number of nitrogens with one attached hydrogen (secondary N) is 1. The molecule has 0 aromatic heterocycles. The standard InChI is InChI=1S/C11H17NO2/c1-11(2,8-13)7-12-9-4-3-5-10(14)6-9/h3-6,12-14H,7-8H2,1-2H3. The number of aliphatic hydroxyl groups is 1. The highest BCUT2D eigenvalue weighted by Gasteiger charge is 2.15. The minimum atomic E-state index is -0.147. The molecule has 3 nitrogen and oxygen atoms in total. The van der Waals surface area contributed by atoms with E-state index in [0.717, 1.165) is 5.69 Å². The molecular formula is C11H17NO2. The van der Waals surface area contributed by atoms with Crippen LogP contribution in [0.4, 0.5) is 5.69 Å². The van der Waals surface area contributed by atoms with Crippen molar-refractivity contribution in [3.63, 3.8) is 0 Å². The third-order valence-electron chi connectivity index (χ3n) is 2.05. The van der Waals surface area contributed by atoms with Gasteiger partial charge in [0.25, 0.3) is 0 Å². The molecular weight excluding hydrogens is 178 g/mol. The van der Waals surface area contributed by atoms with E-state index in [0.29, 0.717) is 6.54 Å². The first-order valence-corrected chi connectivity index (χ1v) is 4.67. The average molecular weight is 195 g/mol. The van der Waals surface area contributed by atoms with E-state index >= 15 is 0 Å². The molecule has 0 fully saturated rings. The molecule has 0 spiro atoms. The number of phenols is 1. The summed E-state index contributed by atoms with van der Waals surface area (Å²) in [5.41, 5.74) is 0.720. The summed E-state index contributed by atoms with van der Waals surface area (Å²) in [5.74, 6) is 0.247. The quantitative estimate of drug-likeness (QED) is 0.687. The highest BCUT2D eigenvalue weighted by Crippen LogP contribution is 2.18. The third-order valence-corrected chi connectivity index (χ3v) is 2.05. The summed E-state index contributed by atoms with van der Waals surface area (Å²) in [6, 6.07) is 6.95. The average Bonchev–Trinajstić information content (AvgIpc) is 2.15. The molecule has 1 aromatic rings. The maximum Gasteiger partial charge on any atom is 0.117 e. The molecule has 14 heavy (non-hydrogen) atoms. The molecule has 0 amide bonds. The van der Waals surface area contributed by atoms with Crippen LogP contribution < -0.4 is 5.32 Å². The van der Waals surface area contributed by atoms with Gasteiger partial charge in [-0.2, -0.15) is 0 Å². The van der Waals surface area contributed by atoms with Crippen molar-refractivity contribution in [2.24, 2.45) is 5.41 Å². The van der Waals surface area contributed by atoms with Crippen molar-refractivity contribution >= 4 is 5.69 Å². The Morgan fingerprint density at radius 1 is 1.36 bits per heavy atom. The molecule has 0 aliphatic carbocycles. The molecule has 0 radical (unpaired) electrons. The number of rotatable bonds is 4. The highest BCUT2D eigenvalue weighted by molar-refractivity contribution is 5.47. The SMILES string of the molecule is CC(C)(CO)CNc1cccc(O)c1. The largest absolute Gasteiger partial charge is 0.508 e. The molecule has 0 saturated heterocycles. The molecule has 0 unspecified atom stereocenters. The van der Waals surface area contributed by atoms with Crippen molar-refractivity contribution < 1.29 is 10.2 Å². The Morgan fingerprint density at radius 2 is 2.07 bits per heavy atom. The molecule has 0 bridgehead atoms. The summed E-state index contributed by atoms with van der Waals surface area (Å²) in [4.78, 5) is 0. The smallest absolute Gasteiger partial charge is 0.117 e. The lowest BCUT2D eigenvalue weighted by atomic mass is 9.95. The first-order chi connectivity index (χ1) is 6.53. The first kappa shape index (κ1) is 10.9. The molecule has 0 aliphatic heterocycles. The van der Waals surface area contributed by atoms with Gasteiger partial charge in [0.1, 0.15) is 5.75 Å². The topological polar surface area (TPSA) is 52.5 Å². The van der Waals surface area contributed by atoms with Gasteiger partial charge >= 0.3 is 0 Å². The molecule has 0 atom stereocenters. The van der Waals surface area contributed by atoms with Crippen LogP contribution in [0.5, 0.6) is 5.75 Å². The fourth-order valence-corrected chi connectivity index (χ4v) is 1.01. The summed E-state index contributed by atoms with van der Waals surface area (Å²) in [6.07, 6.45) is 0. The zero-order valence-corrected chi connectivity index (χ0v) is 8.62. The normalized spacial score (nSPS) is 11.4. The maximum atomic E-state index is 9.21. The minimum Gasteiger partial charge on any atom is -0.508 e. The molecule has 0 saturated carbocycles. The van der Waals surface area contributed by atoms with Gasteiger partial charge in [0.15, 0.2) is 0 Å². The van der Waals surface area contributed by atoms with Gasteiger partial charge in [-0.3, -0.25) is 0 Å². The Hall–Kier alpha value is -1.22. The van der Waals surface area contributed by atoms with Crippen LogP contribution in [-0.4, -0.2) is 23.4 Å². The van der Waals surface area contributed by atoms with Gasteiger partial charge in [0, 0.05) is 30.3 Å². The third kappa shape index (κ3) is 3.26. The Morgan fingerprint density at radius 3 is 2.64 bits per heavy atom. The molecule has 1 rings (SSSR count). The summed E-state index contributed by atoms with van der Waals surface area (Å²) in [5, 5.41) is 21.4. The molecule has 0 heterocycles. The van der Waals surface area contributed by atoms with Gasteiger partial charge in [-0.1, -0.05) is 19.9 Å². The summed E-state index contributed by atoms with van der Waals surface area (Å²) < 4.78 is 0. The van der Waals surface area contributed by atoms with Crippen LogP contribution in [-0.2, 0) is 0 Å². The van der Waals surface area contributed by atoms with Gasteiger partial charge in [0.05, 0.1) is 0 Å². The van der Waals surface area contributed by atoms with Crippen LogP contribution >= 0.6 is 0 Å². The van der Waals surface area contributed by atoms with Crippen molar-refractivity contribution in [1.29, 1.82) is 0 Å². The number of aliphatic hydroxyl groups excluding tert-OH is 1. The van der Waals surface area contributed by atoms with E-state index in [4.69, 9.17) is 5.11 Å². The number of aromatic hydroxyl groups is 1. The number of hydrogen-bond donors (Lipinski definition) is 3. The lowest BCUT2D eigenvalue weighted by Gasteiger charge is -2.22. The first-order valence-electron chi connectivity index (χ1n) is 4.67. The number of hydrogen-bond acceptors (Lipinski definition) is 3. The van der Waals surface area contributed by atoms with Gasteiger partial charge < -0.3 is 15.5 Å². The lowest BCUT2D eigenvalue weighted by Crippen LogP contribution is -2.26. The van der Waals surface area contributed by atoms with Crippen LogP contribution in [0.15, 0.2) is 24.3 Å². The van der Waals surface area contributed by atoms with Crippen LogP contribution in [0.3, 0.4) is 0 Å². The monoisotopic (exact) mass is 195 g/mol. The van der Waals surface area contributed by atoms with Crippen molar-refractivity contribution in [3.8, 4) is 5.75 Å². The zero-order chi connectivity index (χ0) is 10.6. The van der Waals surface area contributed by atoms with Crippen molar-refractivity contribution in [1.82, 2.24) is 0 Å². The van der Waals surface area contributed by atoms with Crippen LogP contribution in [0.2, 0.25) is 0 Å². The summed E-state index contributed by atoms with van der Waals surface area (Å²) >= 11 is 0. The summed E-state index contributed by atoms with van der Waals surface area (Å²) in [6.45, 7) is 4.76. The molecule has 3 N–H and O–H groups in total. The fourth-order valence-electron chi connectivity index (χ4n) is 1.01. The Bertz CT molecular complexity index is 297. The van der Waals surface area contributed by atoms with Gasteiger partial charge in [-0.25, -0.2) is 0 Å². The van der Waals surface area contributed by atoms with Crippen LogP contribution in [0.1, 0.15) is 13.8 Å². The Labute approximate surface area is 84.4 Å². The van der Waals surface area contributed by atoms with Gasteiger partial charge in [0.2, 0.25) is 0 Å². The van der Waals surface area contributed by atoms with E-state index in [1.165, 1.54) is 0 Å². The predicted octanol–water partition coefficient (Wildman–Crippen LogP) is 1.82. The van der Waals surface area contributed by atoms with Gasteiger partial charge in [-0.15, -0.1) is 0 Å². The zero-order valence-electron chi connectivity index (χ0n) is 8.62. The van der Waals surface area contributed by atoms with E-state index in [9.17, 15) is 5.11 Å². The van der Waals surface area contributed by atoms with Crippen LogP contribution in [0, 0.1) is 5.41 Å². The van der Waals surface area contributed by atoms with Crippen molar-refractivity contribution in [2.45, 2.75) is 13.8 Å². The van der Waals surface area contributed by atoms with E-state index < -0.39 is 0 Å². The van der Waals surface area contributed by atoms with Gasteiger partial charge in [-0.05, 0) is 12.1 Å². The molecule has 3 heteroatoms. The second-order valence-electron chi connectivity index (χ2n) is 4.23. The minimum absolute atomic E-state index is 0.138. The van der Waals surface area contributed by atoms with Crippen molar-refractivity contribution in [3.05, 3.63) is 24.3 Å². The number of anilines is 1. The van der Waals surface area contributed by atoms with Crippen molar-refractivity contribution in [2.75, 3.05) is 18.5 Å². The van der Waals surface area contributed by atoms with E-state index in [1.54, 1.807) is 18.2 Å². The fraction of sp³-hybridized carbons (Fsp3) is 0.455. The second-order valence-corrected chi connectivity index (χ2v) is 4.23. The van der Waals surface area contributed by atoms with E-state index in [-0.39, 0.29) is 17.8 Å². The maximum absolute atomic E-state index is 9.21. The number of phenolic OH excluding ortho intramolecular Hbond substituents is 1. The predicted molar refractivity (Wildman–Crippen MR) is 57.5 cm³/mol. The molecule has 78 valence electrons.